The van der Waals surface area contributed by atoms with Crippen molar-refractivity contribution in [1.29, 1.82) is 0 Å². The minimum atomic E-state index is -0.908. The summed E-state index contributed by atoms with van der Waals surface area (Å²) in [7, 11) is 0. The van der Waals surface area contributed by atoms with Crippen LogP contribution in [0.5, 0.6) is 5.75 Å². The molecule has 0 bridgehead atoms. The van der Waals surface area contributed by atoms with Crippen LogP contribution < -0.4 is 10.1 Å². The number of hydrogen-bond acceptors (Lipinski definition) is 4. The molecule has 5 heteroatoms. The Morgan fingerprint density at radius 1 is 1.53 bits per heavy atom. The number of piperidine rings is 1. The summed E-state index contributed by atoms with van der Waals surface area (Å²) in [5.74, 6) is -0.395. The van der Waals surface area contributed by atoms with Crippen LogP contribution in [0.1, 0.15) is 22.5 Å². The van der Waals surface area contributed by atoms with E-state index in [-0.39, 0.29) is 6.10 Å². The zero-order chi connectivity index (χ0) is 10.7. The standard InChI is InChI=1S/C10H13NO3S/c12-10(13)9-8(3-6-15-9)14-7-1-4-11-5-2-7/h3,6-7,11H,1-2,4-5H2,(H,12,13). The SMILES string of the molecule is O=C(O)c1sccc1OC1CCNCC1. The molecule has 1 aromatic rings. The van der Waals surface area contributed by atoms with Gasteiger partial charge in [0.1, 0.15) is 11.9 Å². The Labute approximate surface area is 91.9 Å². The highest BCUT2D eigenvalue weighted by atomic mass is 32.1. The molecule has 2 heterocycles. The van der Waals surface area contributed by atoms with Gasteiger partial charge in [-0.25, -0.2) is 4.79 Å². The van der Waals surface area contributed by atoms with Gasteiger partial charge in [-0.3, -0.25) is 0 Å². The van der Waals surface area contributed by atoms with Gasteiger partial charge < -0.3 is 15.2 Å². The molecule has 15 heavy (non-hydrogen) atoms. The molecule has 1 aromatic heterocycles. The quantitative estimate of drug-likeness (QED) is 0.823. The normalized spacial score (nSPS) is 17.6. The van der Waals surface area contributed by atoms with Crippen LogP contribution in [0.3, 0.4) is 0 Å². The molecular weight excluding hydrogens is 214 g/mol. The summed E-state index contributed by atoms with van der Waals surface area (Å²) in [4.78, 5) is 11.1. The fourth-order valence-electron chi connectivity index (χ4n) is 1.64. The molecule has 1 fully saturated rings. The van der Waals surface area contributed by atoms with Crippen molar-refractivity contribution >= 4 is 17.3 Å². The van der Waals surface area contributed by atoms with E-state index in [9.17, 15) is 4.79 Å². The van der Waals surface area contributed by atoms with Gasteiger partial charge in [0.2, 0.25) is 0 Å². The fraction of sp³-hybridized carbons (Fsp3) is 0.500. The van der Waals surface area contributed by atoms with Crippen LogP contribution in [-0.4, -0.2) is 30.3 Å². The Morgan fingerprint density at radius 3 is 2.93 bits per heavy atom. The number of carbonyl (C=O) groups is 1. The third-order valence-electron chi connectivity index (χ3n) is 2.40. The molecule has 0 aromatic carbocycles. The lowest BCUT2D eigenvalue weighted by Crippen LogP contribution is -2.34. The van der Waals surface area contributed by atoms with Crippen LogP contribution in [0, 0.1) is 0 Å². The third kappa shape index (κ3) is 2.49. The van der Waals surface area contributed by atoms with Crippen molar-refractivity contribution in [2.24, 2.45) is 0 Å². The molecule has 4 nitrogen and oxygen atoms in total. The van der Waals surface area contributed by atoms with Crippen LogP contribution in [0.2, 0.25) is 0 Å². The number of aromatic carboxylic acids is 1. The summed E-state index contributed by atoms with van der Waals surface area (Å²) in [6.45, 7) is 1.88. The molecule has 0 amide bonds. The summed E-state index contributed by atoms with van der Waals surface area (Å²) in [5.41, 5.74) is 0. The number of carboxylic acid groups (broad SMARTS) is 1. The van der Waals surface area contributed by atoms with Gasteiger partial charge in [-0.1, -0.05) is 0 Å². The van der Waals surface area contributed by atoms with Gasteiger partial charge in [0.25, 0.3) is 0 Å². The van der Waals surface area contributed by atoms with Gasteiger partial charge in [0.15, 0.2) is 4.88 Å². The Kier molecular flexibility index (Phi) is 3.23. The fourth-order valence-corrected chi connectivity index (χ4v) is 2.30. The second-order valence-electron chi connectivity index (χ2n) is 3.49. The highest BCUT2D eigenvalue weighted by Crippen LogP contribution is 2.27. The summed E-state index contributed by atoms with van der Waals surface area (Å²) in [6.07, 6.45) is 2.03. The highest BCUT2D eigenvalue weighted by Gasteiger charge is 2.19. The molecule has 0 radical (unpaired) electrons. The molecule has 0 spiro atoms. The van der Waals surface area contributed by atoms with E-state index < -0.39 is 5.97 Å². The molecule has 1 saturated heterocycles. The Bertz CT molecular complexity index is 344. The second-order valence-corrected chi connectivity index (χ2v) is 4.40. The summed E-state index contributed by atoms with van der Waals surface area (Å²) >= 11 is 1.21. The average molecular weight is 227 g/mol. The van der Waals surface area contributed by atoms with Crippen molar-refractivity contribution in [3.63, 3.8) is 0 Å². The molecule has 0 saturated carbocycles. The first kappa shape index (κ1) is 10.4. The van der Waals surface area contributed by atoms with Crippen LogP contribution in [0.4, 0.5) is 0 Å². The van der Waals surface area contributed by atoms with Gasteiger partial charge >= 0.3 is 5.97 Å². The van der Waals surface area contributed by atoms with Crippen molar-refractivity contribution in [1.82, 2.24) is 5.32 Å². The summed E-state index contributed by atoms with van der Waals surface area (Å²) < 4.78 is 5.68. The lowest BCUT2D eigenvalue weighted by atomic mass is 10.1. The minimum Gasteiger partial charge on any atom is -0.489 e. The first-order chi connectivity index (χ1) is 7.27. The van der Waals surface area contributed by atoms with Gasteiger partial charge in [0, 0.05) is 0 Å². The van der Waals surface area contributed by atoms with Gasteiger partial charge in [-0.15, -0.1) is 11.3 Å². The predicted molar refractivity (Wildman–Crippen MR) is 57.8 cm³/mol. The first-order valence-corrected chi connectivity index (χ1v) is 5.83. The van der Waals surface area contributed by atoms with E-state index >= 15 is 0 Å². The zero-order valence-corrected chi connectivity index (χ0v) is 9.05. The number of carboxylic acids is 1. The molecule has 1 aliphatic rings. The molecule has 0 unspecified atom stereocenters. The Hall–Kier alpha value is -1.07. The molecule has 0 aliphatic carbocycles. The monoisotopic (exact) mass is 227 g/mol. The van der Waals surface area contributed by atoms with Crippen molar-refractivity contribution in [2.75, 3.05) is 13.1 Å². The van der Waals surface area contributed by atoms with Crippen molar-refractivity contribution in [2.45, 2.75) is 18.9 Å². The Morgan fingerprint density at radius 2 is 2.27 bits per heavy atom. The third-order valence-corrected chi connectivity index (χ3v) is 3.29. The second kappa shape index (κ2) is 4.63. The number of hydrogen-bond donors (Lipinski definition) is 2. The van der Waals surface area contributed by atoms with Crippen LogP contribution in [0.25, 0.3) is 0 Å². The van der Waals surface area contributed by atoms with Crippen LogP contribution >= 0.6 is 11.3 Å². The number of ether oxygens (including phenoxy) is 1. The number of nitrogens with one attached hydrogen (secondary N) is 1. The average Bonchev–Trinajstić information content (AvgIpc) is 2.67. The van der Waals surface area contributed by atoms with Gasteiger partial charge in [-0.2, -0.15) is 0 Å². The molecule has 0 atom stereocenters. The molecule has 2 N–H and O–H groups in total. The van der Waals surface area contributed by atoms with Crippen LogP contribution in [-0.2, 0) is 0 Å². The molecule has 2 rings (SSSR count). The maximum Gasteiger partial charge on any atom is 0.349 e. The largest absolute Gasteiger partial charge is 0.489 e. The van der Waals surface area contributed by atoms with E-state index in [2.05, 4.69) is 5.32 Å². The van der Waals surface area contributed by atoms with E-state index in [0.29, 0.717) is 10.6 Å². The number of rotatable bonds is 3. The molecule has 1 aliphatic heterocycles. The maximum atomic E-state index is 10.8. The summed E-state index contributed by atoms with van der Waals surface area (Å²) in [6, 6.07) is 1.73. The van der Waals surface area contributed by atoms with E-state index in [4.69, 9.17) is 9.84 Å². The predicted octanol–water partition coefficient (Wildman–Crippen LogP) is 1.58. The van der Waals surface area contributed by atoms with Crippen molar-refractivity contribution in [3.05, 3.63) is 16.3 Å². The Balaban J connectivity index is 2.03. The van der Waals surface area contributed by atoms with Gasteiger partial charge in [-0.05, 0) is 37.4 Å². The van der Waals surface area contributed by atoms with E-state index in [1.807, 2.05) is 0 Å². The number of thiophene rings is 1. The lowest BCUT2D eigenvalue weighted by Gasteiger charge is -2.23. The molecule has 82 valence electrons. The maximum absolute atomic E-state index is 10.8. The molecular formula is C10H13NO3S. The van der Waals surface area contributed by atoms with E-state index in [1.165, 1.54) is 11.3 Å². The van der Waals surface area contributed by atoms with E-state index in [1.54, 1.807) is 11.4 Å². The van der Waals surface area contributed by atoms with Gasteiger partial charge in [0.05, 0.1) is 0 Å². The van der Waals surface area contributed by atoms with Crippen molar-refractivity contribution in [3.8, 4) is 5.75 Å². The van der Waals surface area contributed by atoms with Crippen molar-refractivity contribution < 1.29 is 14.6 Å². The highest BCUT2D eigenvalue weighted by molar-refractivity contribution is 7.12. The van der Waals surface area contributed by atoms with Crippen LogP contribution in [0.15, 0.2) is 11.4 Å². The topological polar surface area (TPSA) is 58.6 Å². The van der Waals surface area contributed by atoms with E-state index in [0.717, 1.165) is 25.9 Å². The summed E-state index contributed by atoms with van der Waals surface area (Å²) in [5, 5.41) is 13.9. The minimum absolute atomic E-state index is 0.152. The smallest absolute Gasteiger partial charge is 0.349 e. The first-order valence-electron chi connectivity index (χ1n) is 4.95. The zero-order valence-electron chi connectivity index (χ0n) is 8.23. The lowest BCUT2D eigenvalue weighted by molar-refractivity contribution is 0.0693.